The van der Waals surface area contributed by atoms with Gasteiger partial charge in [-0.05, 0) is 63.0 Å². The average Bonchev–Trinajstić information content (AvgIpc) is 2.55. The zero-order valence-electron chi connectivity index (χ0n) is 14.9. The molecule has 0 saturated carbocycles. The van der Waals surface area contributed by atoms with Crippen molar-refractivity contribution in [3.05, 3.63) is 29.3 Å². The molecule has 1 aliphatic rings. The van der Waals surface area contributed by atoms with E-state index in [0.717, 1.165) is 26.2 Å². The van der Waals surface area contributed by atoms with Crippen LogP contribution in [0.2, 0.25) is 0 Å². The van der Waals surface area contributed by atoms with Crippen molar-refractivity contribution in [3.8, 4) is 0 Å². The molecule has 22 heavy (non-hydrogen) atoms. The van der Waals surface area contributed by atoms with E-state index in [1.807, 2.05) is 0 Å². The lowest BCUT2D eigenvalue weighted by Crippen LogP contribution is -2.40. The number of nitrogens with one attached hydrogen (secondary N) is 1. The quantitative estimate of drug-likeness (QED) is 0.788. The summed E-state index contributed by atoms with van der Waals surface area (Å²) in [6.07, 6.45) is 2.45. The van der Waals surface area contributed by atoms with Gasteiger partial charge < -0.3 is 10.2 Å². The Labute approximate surface area is 136 Å². The van der Waals surface area contributed by atoms with Gasteiger partial charge in [-0.15, -0.1) is 0 Å². The average molecular weight is 303 g/mol. The lowest BCUT2D eigenvalue weighted by Gasteiger charge is -2.36. The molecule has 0 aliphatic carbocycles. The molecule has 1 aromatic rings. The Morgan fingerprint density at radius 2 is 1.73 bits per heavy atom. The second-order valence-electron chi connectivity index (χ2n) is 6.24. The molecule has 3 heteroatoms. The van der Waals surface area contributed by atoms with Crippen LogP contribution in [0.1, 0.15) is 57.7 Å². The molecule has 0 fully saturated rings. The summed E-state index contributed by atoms with van der Waals surface area (Å²) in [6.45, 7) is 15.6. The van der Waals surface area contributed by atoms with Crippen LogP contribution >= 0.6 is 0 Å². The van der Waals surface area contributed by atoms with E-state index < -0.39 is 0 Å². The summed E-state index contributed by atoms with van der Waals surface area (Å²) in [5.41, 5.74) is 4.39. The molecular formula is C19H33N3. The Morgan fingerprint density at radius 3 is 2.32 bits per heavy atom. The fourth-order valence-corrected chi connectivity index (χ4v) is 3.63. The Bertz CT molecular complexity index is 448. The summed E-state index contributed by atoms with van der Waals surface area (Å²) >= 11 is 0. The number of benzene rings is 1. The summed E-state index contributed by atoms with van der Waals surface area (Å²) in [4.78, 5) is 5.09. The maximum atomic E-state index is 3.63. The molecule has 1 atom stereocenters. The number of nitrogens with zero attached hydrogens (tertiary/aromatic N) is 2. The third-order valence-electron chi connectivity index (χ3n) is 4.73. The number of fused-ring (bicyclic) bond motifs is 1. The van der Waals surface area contributed by atoms with Gasteiger partial charge >= 0.3 is 0 Å². The summed E-state index contributed by atoms with van der Waals surface area (Å²) in [7, 11) is 0. The zero-order valence-corrected chi connectivity index (χ0v) is 14.9. The largest absolute Gasteiger partial charge is 0.372 e. The van der Waals surface area contributed by atoms with Gasteiger partial charge in [0.15, 0.2) is 0 Å². The fraction of sp³-hybridized carbons (Fsp3) is 0.684. The van der Waals surface area contributed by atoms with Crippen molar-refractivity contribution in [1.82, 2.24) is 10.2 Å². The predicted molar refractivity (Wildman–Crippen MR) is 96.6 cm³/mol. The molecule has 1 aromatic carbocycles. The first-order chi connectivity index (χ1) is 10.7. The predicted octanol–water partition coefficient (Wildman–Crippen LogP) is 3.80. The number of anilines is 1. The molecule has 0 amide bonds. The van der Waals surface area contributed by atoms with Gasteiger partial charge in [-0.1, -0.05) is 19.9 Å². The van der Waals surface area contributed by atoms with E-state index in [9.17, 15) is 0 Å². The summed E-state index contributed by atoms with van der Waals surface area (Å²) < 4.78 is 0. The third-order valence-corrected chi connectivity index (χ3v) is 4.73. The number of hydrogen-bond acceptors (Lipinski definition) is 3. The molecule has 1 N–H and O–H groups in total. The van der Waals surface area contributed by atoms with E-state index >= 15 is 0 Å². The second-order valence-corrected chi connectivity index (χ2v) is 6.24. The first kappa shape index (κ1) is 17.3. The highest BCUT2D eigenvalue weighted by molar-refractivity contribution is 5.52. The molecule has 0 bridgehead atoms. The lowest BCUT2D eigenvalue weighted by molar-refractivity contribution is 0.185. The van der Waals surface area contributed by atoms with Crippen LogP contribution in [-0.2, 0) is 6.54 Å². The standard InChI is InChI=1S/C19H33N3/c1-5-11-22(12-6-2)19-15-20-14-16-13-17(9-10-18(16)19)21(7-3)8-4/h9-10,13,19-20H,5-8,11-12,14-15H2,1-4H3/t19-/m0/s1. The number of rotatable bonds is 8. The van der Waals surface area contributed by atoms with Crippen LogP contribution in [0.4, 0.5) is 5.69 Å². The minimum absolute atomic E-state index is 0.536. The van der Waals surface area contributed by atoms with Crippen molar-refractivity contribution in [2.45, 2.75) is 53.1 Å². The molecule has 3 nitrogen and oxygen atoms in total. The molecule has 0 saturated heterocycles. The van der Waals surface area contributed by atoms with Crippen LogP contribution < -0.4 is 10.2 Å². The molecule has 1 aliphatic heterocycles. The van der Waals surface area contributed by atoms with Crippen molar-refractivity contribution in [1.29, 1.82) is 0 Å². The van der Waals surface area contributed by atoms with E-state index in [2.05, 4.69) is 61.0 Å². The molecular weight excluding hydrogens is 270 g/mol. The minimum Gasteiger partial charge on any atom is -0.372 e. The minimum atomic E-state index is 0.536. The van der Waals surface area contributed by atoms with E-state index in [-0.39, 0.29) is 0 Å². The van der Waals surface area contributed by atoms with Gasteiger partial charge in [0.1, 0.15) is 0 Å². The molecule has 0 spiro atoms. The van der Waals surface area contributed by atoms with Crippen molar-refractivity contribution < 1.29 is 0 Å². The fourth-order valence-electron chi connectivity index (χ4n) is 3.63. The van der Waals surface area contributed by atoms with Gasteiger partial charge in [-0.2, -0.15) is 0 Å². The SMILES string of the molecule is CCCN(CCC)[C@H]1CNCc2cc(N(CC)CC)ccc21. The Balaban J connectivity index is 2.26. The zero-order chi connectivity index (χ0) is 15.9. The van der Waals surface area contributed by atoms with Crippen LogP contribution in [-0.4, -0.2) is 37.6 Å². The van der Waals surface area contributed by atoms with Gasteiger partial charge in [-0.25, -0.2) is 0 Å². The topological polar surface area (TPSA) is 18.5 Å². The van der Waals surface area contributed by atoms with E-state index in [1.165, 1.54) is 42.7 Å². The summed E-state index contributed by atoms with van der Waals surface area (Å²) in [5, 5.41) is 3.63. The van der Waals surface area contributed by atoms with Gasteiger partial charge in [-0.3, -0.25) is 4.90 Å². The monoisotopic (exact) mass is 303 g/mol. The van der Waals surface area contributed by atoms with Crippen molar-refractivity contribution >= 4 is 5.69 Å². The van der Waals surface area contributed by atoms with E-state index in [4.69, 9.17) is 0 Å². The highest BCUT2D eigenvalue weighted by atomic mass is 15.2. The molecule has 1 heterocycles. The Kier molecular flexibility index (Phi) is 6.71. The summed E-state index contributed by atoms with van der Waals surface area (Å²) in [6, 6.07) is 7.64. The molecule has 0 unspecified atom stereocenters. The first-order valence-corrected chi connectivity index (χ1v) is 9.07. The van der Waals surface area contributed by atoms with Crippen LogP contribution in [0.15, 0.2) is 18.2 Å². The van der Waals surface area contributed by atoms with Crippen LogP contribution in [0, 0.1) is 0 Å². The van der Waals surface area contributed by atoms with Crippen molar-refractivity contribution in [3.63, 3.8) is 0 Å². The molecule has 124 valence electrons. The van der Waals surface area contributed by atoms with Gasteiger partial charge in [0.25, 0.3) is 0 Å². The van der Waals surface area contributed by atoms with Crippen molar-refractivity contribution in [2.24, 2.45) is 0 Å². The third kappa shape index (κ3) is 3.82. The molecule has 0 radical (unpaired) electrons. The summed E-state index contributed by atoms with van der Waals surface area (Å²) in [5.74, 6) is 0. The van der Waals surface area contributed by atoms with Gasteiger partial charge in [0.05, 0.1) is 0 Å². The highest BCUT2D eigenvalue weighted by Gasteiger charge is 2.25. The smallest absolute Gasteiger partial charge is 0.0476 e. The molecule has 2 rings (SSSR count). The van der Waals surface area contributed by atoms with E-state index in [1.54, 1.807) is 0 Å². The van der Waals surface area contributed by atoms with Crippen molar-refractivity contribution in [2.75, 3.05) is 37.6 Å². The van der Waals surface area contributed by atoms with Gasteiger partial charge in [0, 0.05) is 37.9 Å². The normalized spacial score (nSPS) is 17.6. The van der Waals surface area contributed by atoms with Gasteiger partial charge in [0.2, 0.25) is 0 Å². The van der Waals surface area contributed by atoms with Crippen LogP contribution in [0.3, 0.4) is 0 Å². The maximum absolute atomic E-state index is 3.63. The Hall–Kier alpha value is -1.06. The maximum Gasteiger partial charge on any atom is 0.0476 e. The highest BCUT2D eigenvalue weighted by Crippen LogP contribution is 2.30. The second kappa shape index (κ2) is 8.54. The van der Waals surface area contributed by atoms with Crippen LogP contribution in [0.25, 0.3) is 0 Å². The number of hydrogen-bond donors (Lipinski definition) is 1. The molecule has 0 aromatic heterocycles. The van der Waals surface area contributed by atoms with E-state index in [0.29, 0.717) is 6.04 Å². The Morgan fingerprint density at radius 1 is 1.05 bits per heavy atom. The lowest BCUT2D eigenvalue weighted by atomic mass is 9.94. The van der Waals surface area contributed by atoms with Crippen LogP contribution in [0.5, 0.6) is 0 Å². The first-order valence-electron chi connectivity index (χ1n) is 9.07.